The second-order valence-corrected chi connectivity index (χ2v) is 8.39. The van der Waals surface area contributed by atoms with Gasteiger partial charge in [0, 0.05) is 56.2 Å². The largest absolute Gasteiger partial charge is 0.353 e. The molecule has 0 unspecified atom stereocenters. The van der Waals surface area contributed by atoms with Crippen LogP contribution in [-0.4, -0.2) is 64.9 Å². The van der Waals surface area contributed by atoms with Gasteiger partial charge in [0.15, 0.2) is 0 Å². The van der Waals surface area contributed by atoms with Crippen LogP contribution in [0.3, 0.4) is 0 Å². The Balaban J connectivity index is 1.59. The highest BCUT2D eigenvalue weighted by atomic mass is 16.2. The van der Waals surface area contributed by atoms with Gasteiger partial charge in [-0.25, -0.2) is 0 Å². The second kappa shape index (κ2) is 7.70. The molecule has 4 heterocycles. The number of nitrogens with one attached hydrogen (secondary N) is 1. The van der Waals surface area contributed by atoms with Crippen molar-refractivity contribution >= 4 is 11.8 Å². The van der Waals surface area contributed by atoms with E-state index in [1.165, 1.54) is 6.07 Å². The van der Waals surface area contributed by atoms with Gasteiger partial charge in [-0.15, -0.1) is 0 Å². The lowest BCUT2D eigenvalue weighted by Crippen LogP contribution is -2.54. The number of piperidine rings is 1. The average Bonchev–Trinajstić information content (AvgIpc) is 3.14. The first-order chi connectivity index (χ1) is 13.5. The van der Waals surface area contributed by atoms with E-state index < -0.39 is 6.04 Å². The van der Waals surface area contributed by atoms with Crippen molar-refractivity contribution in [3.05, 3.63) is 34.2 Å². The molecule has 7 heteroatoms. The molecule has 7 nitrogen and oxygen atoms in total. The number of rotatable bonds is 4. The first-order valence-corrected chi connectivity index (χ1v) is 10.5. The summed E-state index contributed by atoms with van der Waals surface area (Å²) in [6.07, 6.45) is 3.10. The minimum atomic E-state index is -0.543. The summed E-state index contributed by atoms with van der Waals surface area (Å²) in [6.45, 7) is 7.58. The van der Waals surface area contributed by atoms with E-state index in [0.717, 1.165) is 38.0 Å². The minimum Gasteiger partial charge on any atom is -0.353 e. The van der Waals surface area contributed by atoms with Crippen LogP contribution < -0.4 is 10.9 Å². The molecule has 0 saturated carbocycles. The van der Waals surface area contributed by atoms with E-state index >= 15 is 0 Å². The molecular weight excluding hydrogens is 356 g/mol. The van der Waals surface area contributed by atoms with Gasteiger partial charge < -0.3 is 10.2 Å². The molecule has 3 aliphatic rings. The Kier molecular flexibility index (Phi) is 5.27. The molecule has 1 aromatic rings. The van der Waals surface area contributed by atoms with Gasteiger partial charge in [-0.1, -0.05) is 13.0 Å². The summed E-state index contributed by atoms with van der Waals surface area (Å²) in [6, 6.07) is 5.05. The number of likely N-dealkylation sites (tertiary alicyclic amines) is 2. The molecule has 28 heavy (non-hydrogen) atoms. The number of amides is 2. The van der Waals surface area contributed by atoms with Crippen LogP contribution in [-0.2, 0) is 9.59 Å². The van der Waals surface area contributed by atoms with Crippen LogP contribution in [0.2, 0.25) is 0 Å². The van der Waals surface area contributed by atoms with E-state index in [-0.39, 0.29) is 29.2 Å². The number of aromatic nitrogens is 1. The van der Waals surface area contributed by atoms with Crippen LogP contribution in [0.4, 0.5) is 0 Å². The van der Waals surface area contributed by atoms with Crippen molar-refractivity contribution in [3.63, 3.8) is 0 Å². The molecule has 2 fully saturated rings. The number of nitrogens with zero attached hydrogens (tertiary/aromatic N) is 3. The van der Waals surface area contributed by atoms with Crippen molar-refractivity contribution in [2.45, 2.75) is 51.1 Å². The number of likely N-dealkylation sites (N-methyl/N-ethyl adjacent to an activating group) is 1. The van der Waals surface area contributed by atoms with Gasteiger partial charge in [0.25, 0.3) is 5.56 Å². The quantitative estimate of drug-likeness (QED) is 0.836. The van der Waals surface area contributed by atoms with Crippen molar-refractivity contribution < 1.29 is 9.59 Å². The van der Waals surface area contributed by atoms with Gasteiger partial charge in [-0.05, 0) is 38.4 Å². The molecule has 3 aliphatic heterocycles. The molecule has 0 aliphatic carbocycles. The number of hydrogen-bond donors (Lipinski definition) is 1. The average molecular weight is 386 g/mol. The molecule has 2 saturated heterocycles. The molecule has 152 valence electrons. The normalized spacial score (nSPS) is 29.4. The number of pyridine rings is 1. The van der Waals surface area contributed by atoms with Crippen molar-refractivity contribution in [2.24, 2.45) is 5.92 Å². The first kappa shape index (κ1) is 19.2. The zero-order valence-corrected chi connectivity index (χ0v) is 16.8. The number of carbonyl (C=O) groups is 2. The van der Waals surface area contributed by atoms with Crippen LogP contribution in [0.15, 0.2) is 23.0 Å². The topological polar surface area (TPSA) is 74.7 Å². The van der Waals surface area contributed by atoms with Crippen LogP contribution in [0.5, 0.6) is 0 Å². The maximum absolute atomic E-state index is 13.2. The zero-order valence-electron chi connectivity index (χ0n) is 16.8. The van der Waals surface area contributed by atoms with Gasteiger partial charge >= 0.3 is 0 Å². The van der Waals surface area contributed by atoms with Crippen molar-refractivity contribution in [3.8, 4) is 0 Å². The van der Waals surface area contributed by atoms with Gasteiger partial charge in [-0.3, -0.25) is 23.9 Å². The van der Waals surface area contributed by atoms with Crippen LogP contribution >= 0.6 is 0 Å². The number of hydrogen-bond acceptors (Lipinski definition) is 4. The van der Waals surface area contributed by atoms with Gasteiger partial charge in [0.05, 0.1) is 0 Å². The van der Waals surface area contributed by atoms with Gasteiger partial charge in [-0.2, -0.15) is 0 Å². The molecule has 4 rings (SSSR count). The van der Waals surface area contributed by atoms with Crippen LogP contribution in [0.1, 0.15) is 50.8 Å². The maximum Gasteiger partial charge on any atom is 0.251 e. The SMILES string of the molecule is CCN1CCC[C@H]1CNC(=O)[C@H]1[C@H]2C[C@H](CN(C(C)=O)C2)c2cccc(=O)n21. The van der Waals surface area contributed by atoms with Gasteiger partial charge in [0.2, 0.25) is 11.8 Å². The highest BCUT2D eigenvalue weighted by Crippen LogP contribution is 2.41. The Bertz CT molecular complexity index is 820. The van der Waals surface area contributed by atoms with Gasteiger partial charge in [0.1, 0.15) is 6.04 Å². The van der Waals surface area contributed by atoms with E-state index in [0.29, 0.717) is 25.7 Å². The molecule has 2 bridgehead atoms. The third kappa shape index (κ3) is 3.36. The van der Waals surface area contributed by atoms with E-state index in [2.05, 4.69) is 17.1 Å². The Labute approximate surface area is 165 Å². The summed E-state index contributed by atoms with van der Waals surface area (Å²) < 4.78 is 1.69. The lowest BCUT2D eigenvalue weighted by Gasteiger charge is -2.46. The summed E-state index contributed by atoms with van der Waals surface area (Å²) in [5.41, 5.74) is 0.755. The molecule has 0 spiro atoms. The first-order valence-electron chi connectivity index (χ1n) is 10.5. The molecule has 0 radical (unpaired) electrons. The fourth-order valence-electron chi connectivity index (χ4n) is 5.39. The molecule has 1 N–H and O–H groups in total. The molecule has 0 aromatic carbocycles. The molecular formula is C21H30N4O3. The summed E-state index contributed by atoms with van der Waals surface area (Å²) in [5, 5.41) is 3.13. The maximum atomic E-state index is 13.2. The highest BCUT2D eigenvalue weighted by molar-refractivity contribution is 5.81. The number of carbonyl (C=O) groups excluding carboxylic acids is 2. The van der Waals surface area contributed by atoms with Crippen LogP contribution in [0, 0.1) is 5.92 Å². The molecule has 2 amide bonds. The van der Waals surface area contributed by atoms with E-state index in [4.69, 9.17) is 0 Å². The van der Waals surface area contributed by atoms with Crippen molar-refractivity contribution in [2.75, 3.05) is 32.7 Å². The van der Waals surface area contributed by atoms with E-state index in [1.807, 2.05) is 11.0 Å². The Hall–Kier alpha value is -2.15. The third-order valence-electron chi connectivity index (χ3n) is 6.78. The Morgan fingerprint density at radius 2 is 2.07 bits per heavy atom. The van der Waals surface area contributed by atoms with E-state index in [9.17, 15) is 14.4 Å². The summed E-state index contributed by atoms with van der Waals surface area (Å²) in [7, 11) is 0. The lowest BCUT2D eigenvalue weighted by molar-refractivity contribution is -0.135. The Morgan fingerprint density at radius 3 is 2.82 bits per heavy atom. The molecule has 1 aromatic heterocycles. The Morgan fingerprint density at radius 1 is 1.25 bits per heavy atom. The molecule has 4 atom stereocenters. The standard InChI is InChI=1S/C21H30N4O3/c1-3-23-9-5-6-17(23)11-22-21(28)20-16-10-15(12-24(13-16)14(2)26)18-7-4-8-19(27)25(18)20/h4,7-8,15-17,20H,3,5-6,9-13H2,1-2H3,(H,22,28)/t15-,16+,17+,20-/m1/s1. The van der Waals surface area contributed by atoms with Crippen molar-refractivity contribution in [1.82, 2.24) is 19.7 Å². The number of fused-ring (bicyclic) bond motifs is 4. The summed E-state index contributed by atoms with van der Waals surface area (Å²) in [5.74, 6) is 0.0311. The fraction of sp³-hybridized carbons (Fsp3) is 0.667. The predicted octanol–water partition coefficient (Wildman–Crippen LogP) is 0.956. The smallest absolute Gasteiger partial charge is 0.251 e. The zero-order chi connectivity index (χ0) is 19.8. The lowest BCUT2D eigenvalue weighted by atomic mass is 9.78. The monoisotopic (exact) mass is 386 g/mol. The highest BCUT2D eigenvalue weighted by Gasteiger charge is 2.44. The summed E-state index contributed by atoms with van der Waals surface area (Å²) >= 11 is 0. The minimum absolute atomic E-state index is 0.0268. The van der Waals surface area contributed by atoms with Crippen molar-refractivity contribution in [1.29, 1.82) is 0 Å². The van der Waals surface area contributed by atoms with E-state index in [1.54, 1.807) is 17.6 Å². The second-order valence-electron chi connectivity index (χ2n) is 8.39. The third-order valence-corrected chi connectivity index (χ3v) is 6.78. The van der Waals surface area contributed by atoms with Crippen LogP contribution in [0.25, 0.3) is 0 Å². The summed E-state index contributed by atoms with van der Waals surface area (Å²) in [4.78, 5) is 42.2. The fourth-order valence-corrected chi connectivity index (χ4v) is 5.39. The predicted molar refractivity (Wildman–Crippen MR) is 106 cm³/mol.